The quantitative estimate of drug-likeness (QED) is 0.624. The Balaban J connectivity index is 2.03. The first-order valence-corrected chi connectivity index (χ1v) is 7.15. The number of phenols is 1. The second kappa shape index (κ2) is 5.48. The summed E-state index contributed by atoms with van der Waals surface area (Å²) in [4.78, 5) is 14.5. The SMILES string of the molecule is Nc1cccc(C(=O)N2CCCCc3ccccc32)c1O. The van der Waals surface area contributed by atoms with Crippen molar-refractivity contribution in [3.05, 3.63) is 53.6 Å². The maximum absolute atomic E-state index is 12.8. The minimum absolute atomic E-state index is 0.135. The van der Waals surface area contributed by atoms with Crippen LogP contribution in [0.5, 0.6) is 5.75 Å². The highest BCUT2D eigenvalue weighted by Crippen LogP contribution is 2.31. The molecule has 0 aliphatic carbocycles. The number of nitrogens with zero attached hydrogens (tertiary/aromatic N) is 1. The van der Waals surface area contributed by atoms with Crippen LogP contribution in [-0.2, 0) is 6.42 Å². The topological polar surface area (TPSA) is 66.6 Å². The number of para-hydroxylation sites is 2. The molecule has 0 bridgehead atoms. The number of amides is 1. The number of carbonyl (C=O) groups excluding carboxylic acids is 1. The summed E-state index contributed by atoms with van der Waals surface area (Å²) in [7, 11) is 0. The molecule has 21 heavy (non-hydrogen) atoms. The van der Waals surface area contributed by atoms with E-state index in [9.17, 15) is 9.90 Å². The molecule has 1 aliphatic heterocycles. The van der Waals surface area contributed by atoms with Crippen LogP contribution in [-0.4, -0.2) is 17.6 Å². The lowest BCUT2D eigenvalue weighted by Gasteiger charge is -2.23. The fraction of sp³-hybridized carbons (Fsp3) is 0.235. The van der Waals surface area contributed by atoms with Crippen molar-refractivity contribution in [2.45, 2.75) is 19.3 Å². The molecule has 1 heterocycles. The number of rotatable bonds is 1. The van der Waals surface area contributed by atoms with Crippen LogP contribution < -0.4 is 10.6 Å². The molecule has 3 rings (SSSR count). The average molecular weight is 282 g/mol. The maximum atomic E-state index is 12.8. The number of fused-ring (bicyclic) bond motifs is 1. The lowest BCUT2D eigenvalue weighted by atomic mass is 10.1. The highest BCUT2D eigenvalue weighted by Gasteiger charge is 2.24. The van der Waals surface area contributed by atoms with E-state index in [-0.39, 0.29) is 22.9 Å². The summed E-state index contributed by atoms with van der Waals surface area (Å²) < 4.78 is 0. The predicted molar refractivity (Wildman–Crippen MR) is 83.6 cm³/mol. The van der Waals surface area contributed by atoms with Gasteiger partial charge in [-0.25, -0.2) is 0 Å². The first-order chi connectivity index (χ1) is 10.2. The summed E-state index contributed by atoms with van der Waals surface area (Å²) in [5.41, 5.74) is 8.28. The molecule has 3 N–H and O–H groups in total. The van der Waals surface area contributed by atoms with Crippen LogP contribution in [0.15, 0.2) is 42.5 Å². The third kappa shape index (κ3) is 2.44. The van der Waals surface area contributed by atoms with Crippen LogP contribution in [0.2, 0.25) is 0 Å². The van der Waals surface area contributed by atoms with E-state index in [1.54, 1.807) is 23.1 Å². The molecule has 0 aromatic heterocycles. The molecular formula is C17H18N2O2. The normalized spacial score (nSPS) is 14.4. The van der Waals surface area contributed by atoms with Crippen LogP contribution in [0.1, 0.15) is 28.8 Å². The Bertz CT molecular complexity index is 682. The predicted octanol–water partition coefficient (Wildman–Crippen LogP) is 2.96. The monoisotopic (exact) mass is 282 g/mol. The zero-order valence-corrected chi connectivity index (χ0v) is 11.7. The smallest absolute Gasteiger partial charge is 0.262 e. The second-order valence-corrected chi connectivity index (χ2v) is 5.29. The van der Waals surface area contributed by atoms with E-state index in [4.69, 9.17) is 5.73 Å². The molecule has 0 radical (unpaired) electrons. The Hall–Kier alpha value is -2.49. The van der Waals surface area contributed by atoms with E-state index in [0.29, 0.717) is 6.54 Å². The van der Waals surface area contributed by atoms with Crippen molar-refractivity contribution in [2.24, 2.45) is 0 Å². The van der Waals surface area contributed by atoms with Gasteiger partial charge in [0.25, 0.3) is 5.91 Å². The molecule has 0 saturated carbocycles. The molecule has 4 heteroatoms. The lowest BCUT2D eigenvalue weighted by Crippen LogP contribution is -2.31. The first-order valence-electron chi connectivity index (χ1n) is 7.15. The van der Waals surface area contributed by atoms with Crippen LogP contribution >= 0.6 is 0 Å². The largest absolute Gasteiger partial charge is 0.505 e. The summed E-state index contributed by atoms with van der Waals surface area (Å²) in [6.07, 6.45) is 2.98. The third-order valence-electron chi connectivity index (χ3n) is 3.90. The van der Waals surface area contributed by atoms with Crippen molar-refractivity contribution in [1.82, 2.24) is 0 Å². The van der Waals surface area contributed by atoms with Crippen LogP contribution in [0.3, 0.4) is 0 Å². The van der Waals surface area contributed by atoms with Crippen molar-refractivity contribution in [3.63, 3.8) is 0 Å². The number of nitrogen functional groups attached to an aromatic ring is 1. The highest BCUT2D eigenvalue weighted by atomic mass is 16.3. The van der Waals surface area contributed by atoms with E-state index in [0.717, 1.165) is 24.9 Å². The van der Waals surface area contributed by atoms with Gasteiger partial charge in [0.15, 0.2) is 5.75 Å². The number of aryl methyl sites for hydroxylation is 1. The molecule has 0 fully saturated rings. The van der Waals surface area contributed by atoms with Gasteiger partial charge in [-0.1, -0.05) is 24.3 Å². The van der Waals surface area contributed by atoms with Crippen molar-refractivity contribution in [1.29, 1.82) is 0 Å². The van der Waals surface area contributed by atoms with Crippen molar-refractivity contribution >= 4 is 17.3 Å². The molecule has 108 valence electrons. The summed E-state index contributed by atoms with van der Waals surface area (Å²) in [6, 6.07) is 12.8. The Labute approximate surface area is 123 Å². The Morgan fingerprint density at radius 3 is 2.76 bits per heavy atom. The van der Waals surface area contributed by atoms with Gasteiger partial charge >= 0.3 is 0 Å². The zero-order valence-electron chi connectivity index (χ0n) is 11.7. The molecule has 0 saturated heterocycles. The van der Waals surface area contributed by atoms with Crippen molar-refractivity contribution in [3.8, 4) is 5.75 Å². The molecule has 2 aromatic carbocycles. The number of hydrogen-bond acceptors (Lipinski definition) is 3. The first kappa shape index (κ1) is 13.5. The van der Waals surface area contributed by atoms with Gasteiger partial charge in [-0.05, 0) is 43.0 Å². The van der Waals surface area contributed by atoms with Gasteiger partial charge in [0.05, 0.1) is 11.3 Å². The van der Waals surface area contributed by atoms with Gasteiger partial charge in [-0.2, -0.15) is 0 Å². The van der Waals surface area contributed by atoms with Gasteiger partial charge in [0, 0.05) is 12.2 Å². The summed E-state index contributed by atoms with van der Waals surface area (Å²) in [5, 5.41) is 10.0. The number of anilines is 2. The minimum Gasteiger partial charge on any atom is -0.505 e. The Kier molecular flexibility index (Phi) is 3.52. The van der Waals surface area contributed by atoms with E-state index >= 15 is 0 Å². The maximum Gasteiger partial charge on any atom is 0.262 e. The lowest BCUT2D eigenvalue weighted by molar-refractivity contribution is 0.0984. The van der Waals surface area contributed by atoms with Crippen molar-refractivity contribution < 1.29 is 9.90 Å². The summed E-state index contributed by atoms with van der Waals surface area (Å²) in [5.74, 6) is -0.335. The van der Waals surface area contributed by atoms with E-state index in [2.05, 4.69) is 6.07 Å². The van der Waals surface area contributed by atoms with Gasteiger partial charge in [0.1, 0.15) is 0 Å². The number of nitrogens with two attached hydrogens (primary N) is 1. The van der Waals surface area contributed by atoms with Gasteiger partial charge in [0.2, 0.25) is 0 Å². The zero-order chi connectivity index (χ0) is 14.8. The van der Waals surface area contributed by atoms with Crippen LogP contribution in [0, 0.1) is 0 Å². The van der Waals surface area contributed by atoms with Gasteiger partial charge in [-0.3, -0.25) is 4.79 Å². The summed E-state index contributed by atoms with van der Waals surface area (Å²) >= 11 is 0. The minimum atomic E-state index is -0.200. The fourth-order valence-corrected chi connectivity index (χ4v) is 2.78. The highest BCUT2D eigenvalue weighted by molar-refractivity contribution is 6.09. The average Bonchev–Trinajstić information content (AvgIpc) is 2.72. The molecular weight excluding hydrogens is 264 g/mol. The Morgan fingerprint density at radius 2 is 1.90 bits per heavy atom. The fourth-order valence-electron chi connectivity index (χ4n) is 2.78. The number of hydrogen-bond donors (Lipinski definition) is 2. The standard InChI is InChI=1S/C17H18N2O2/c18-14-9-5-8-13(16(14)20)17(21)19-11-4-3-7-12-6-1-2-10-15(12)19/h1-2,5-6,8-10,20H,3-4,7,11,18H2. The second-order valence-electron chi connectivity index (χ2n) is 5.29. The van der Waals surface area contributed by atoms with E-state index < -0.39 is 0 Å². The Morgan fingerprint density at radius 1 is 1.10 bits per heavy atom. The van der Waals surface area contributed by atoms with Crippen molar-refractivity contribution in [2.75, 3.05) is 17.2 Å². The number of benzene rings is 2. The molecule has 0 atom stereocenters. The molecule has 4 nitrogen and oxygen atoms in total. The molecule has 0 unspecified atom stereocenters. The molecule has 1 amide bonds. The molecule has 2 aromatic rings. The molecule has 1 aliphatic rings. The van der Waals surface area contributed by atoms with Gasteiger partial charge < -0.3 is 15.7 Å². The number of carbonyl (C=O) groups is 1. The summed E-state index contributed by atoms with van der Waals surface area (Å²) in [6.45, 7) is 0.657. The number of aromatic hydroxyl groups is 1. The molecule has 0 spiro atoms. The van der Waals surface area contributed by atoms with Crippen LogP contribution in [0.4, 0.5) is 11.4 Å². The van der Waals surface area contributed by atoms with E-state index in [1.165, 1.54) is 5.56 Å². The third-order valence-corrected chi connectivity index (χ3v) is 3.90. The number of phenolic OH excluding ortho intramolecular Hbond substituents is 1. The van der Waals surface area contributed by atoms with Crippen LogP contribution in [0.25, 0.3) is 0 Å². The van der Waals surface area contributed by atoms with Gasteiger partial charge in [-0.15, -0.1) is 0 Å². The van der Waals surface area contributed by atoms with E-state index in [1.807, 2.05) is 18.2 Å².